The zero-order chi connectivity index (χ0) is 15.5. The molecule has 112 valence electrons. The van der Waals surface area contributed by atoms with Crippen LogP contribution in [0.2, 0.25) is 0 Å². The molecule has 0 saturated carbocycles. The van der Waals surface area contributed by atoms with Crippen LogP contribution in [0.15, 0.2) is 53.4 Å². The Morgan fingerprint density at radius 3 is 2.43 bits per heavy atom. The molecular formula is C15H17FN2O2S. The standard InChI is InChI=1S/C15H17FN2O2S/c1-11(9-12-3-2-4-13(16)10-12)18-14-5-7-15(8-6-14)21(17,19)20/h2-8,10-11,18H,9H2,1H3,(H2,17,19,20). The molecule has 0 bridgehead atoms. The van der Waals surface area contributed by atoms with E-state index in [9.17, 15) is 12.8 Å². The Labute approximate surface area is 123 Å². The Balaban J connectivity index is 2.01. The highest BCUT2D eigenvalue weighted by Gasteiger charge is 2.08. The Morgan fingerprint density at radius 2 is 1.86 bits per heavy atom. The Morgan fingerprint density at radius 1 is 1.19 bits per heavy atom. The normalized spacial score (nSPS) is 12.9. The van der Waals surface area contributed by atoms with E-state index in [1.54, 1.807) is 18.2 Å². The van der Waals surface area contributed by atoms with Crippen molar-refractivity contribution in [2.24, 2.45) is 5.14 Å². The van der Waals surface area contributed by atoms with Gasteiger partial charge in [0.05, 0.1) is 4.90 Å². The summed E-state index contributed by atoms with van der Waals surface area (Å²) in [6, 6.07) is 12.7. The first-order valence-corrected chi connectivity index (χ1v) is 8.03. The van der Waals surface area contributed by atoms with Crippen molar-refractivity contribution < 1.29 is 12.8 Å². The van der Waals surface area contributed by atoms with Crippen molar-refractivity contribution in [3.05, 3.63) is 59.9 Å². The molecular weight excluding hydrogens is 291 g/mol. The number of hydrogen-bond donors (Lipinski definition) is 2. The van der Waals surface area contributed by atoms with E-state index in [-0.39, 0.29) is 16.8 Å². The van der Waals surface area contributed by atoms with Crippen molar-refractivity contribution in [3.8, 4) is 0 Å². The molecule has 1 atom stereocenters. The van der Waals surface area contributed by atoms with Gasteiger partial charge in [-0.3, -0.25) is 0 Å². The maximum absolute atomic E-state index is 13.1. The van der Waals surface area contributed by atoms with Gasteiger partial charge in [0, 0.05) is 11.7 Å². The van der Waals surface area contributed by atoms with Crippen LogP contribution in [0.3, 0.4) is 0 Å². The largest absolute Gasteiger partial charge is 0.382 e. The minimum Gasteiger partial charge on any atom is -0.382 e. The van der Waals surface area contributed by atoms with Crippen LogP contribution >= 0.6 is 0 Å². The minimum atomic E-state index is -3.67. The van der Waals surface area contributed by atoms with E-state index in [2.05, 4.69) is 5.32 Å². The molecule has 2 aromatic rings. The first kappa shape index (κ1) is 15.5. The molecule has 2 rings (SSSR count). The van der Waals surface area contributed by atoms with Gasteiger partial charge >= 0.3 is 0 Å². The SMILES string of the molecule is CC(Cc1cccc(F)c1)Nc1ccc(S(N)(=O)=O)cc1. The van der Waals surface area contributed by atoms with Crippen LogP contribution < -0.4 is 10.5 Å². The summed E-state index contributed by atoms with van der Waals surface area (Å²) in [6.45, 7) is 1.97. The summed E-state index contributed by atoms with van der Waals surface area (Å²) >= 11 is 0. The van der Waals surface area contributed by atoms with E-state index in [1.807, 2.05) is 13.0 Å². The summed E-state index contributed by atoms with van der Waals surface area (Å²) in [7, 11) is -3.67. The number of nitrogens with one attached hydrogen (secondary N) is 1. The van der Waals surface area contributed by atoms with Gasteiger partial charge in [-0.15, -0.1) is 0 Å². The molecule has 0 aliphatic carbocycles. The van der Waals surface area contributed by atoms with Gasteiger partial charge in [0.2, 0.25) is 10.0 Å². The van der Waals surface area contributed by atoms with Gasteiger partial charge in [-0.05, 0) is 55.3 Å². The van der Waals surface area contributed by atoms with Crippen molar-refractivity contribution in [2.75, 3.05) is 5.32 Å². The van der Waals surface area contributed by atoms with Crippen molar-refractivity contribution in [1.82, 2.24) is 0 Å². The second-order valence-electron chi connectivity index (χ2n) is 4.95. The lowest BCUT2D eigenvalue weighted by atomic mass is 10.1. The molecule has 4 nitrogen and oxygen atoms in total. The smallest absolute Gasteiger partial charge is 0.238 e. The molecule has 21 heavy (non-hydrogen) atoms. The highest BCUT2D eigenvalue weighted by molar-refractivity contribution is 7.89. The summed E-state index contributed by atoms with van der Waals surface area (Å²) < 4.78 is 35.4. The predicted molar refractivity (Wildman–Crippen MR) is 81.0 cm³/mol. The van der Waals surface area contributed by atoms with Crippen LogP contribution in [0.1, 0.15) is 12.5 Å². The van der Waals surface area contributed by atoms with Gasteiger partial charge < -0.3 is 5.32 Å². The summed E-state index contributed by atoms with van der Waals surface area (Å²) in [5, 5.41) is 8.27. The molecule has 2 aromatic carbocycles. The maximum Gasteiger partial charge on any atom is 0.238 e. The quantitative estimate of drug-likeness (QED) is 0.891. The first-order valence-electron chi connectivity index (χ1n) is 6.48. The van der Waals surface area contributed by atoms with Crippen molar-refractivity contribution in [3.63, 3.8) is 0 Å². The third-order valence-electron chi connectivity index (χ3n) is 3.03. The molecule has 0 saturated heterocycles. The van der Waals surface area contributed by atoms with Crippen LogP contribution in [0, 0.1) is 5.82 Å². The Hall–Kier alpha value is -1.92. The summed E-state index contributed by atoms with van der Waals surface area (Å²) in [5.41, 5.74) is 1.68. The molecule has 0 radical (unpaired) electrons. The number of anilines is 1. The Kier molecular flexibility index (Phi) is 4.59. The lowest BCUT2D eigenvalue weighted by Crippen LogP contribution is -2.18. The van der Waals surface area contributed by atoms with Crippen LogP contribution in [-0.4, -0.2) is 14.5 Å². The number of nitrogens with two attached hydrogens (primary N) is 1. The number of sulfonamides is 1. The van der Waals surface area contributed by atoms with E-state index < -0.39 is 10.0 Å². The number of halogens is 1. The van der Waals surface area contributed by atoms with Gasteiger partial charge in [0.1, 0.15) is 5.82 Å². The highest BCUT2D eigenvalue weighted by Crippen LogP contribution is 2.15. The molecule has 0 aliphatic heterocycles. The lowest BCUT2D eigenvalue weighted by Gasteiger charge is -2.15. The van der Waals surface area contributed by atoms with Crippen molar-refractivity contribution in [1.29, 1.82) is 0 Å². The number of hydrogen-bond acceptors (Lipinski definition) is 3. The molecule has 3 N–H and O–H groups in total. The van der Waals surface area contributed by atoms with E-state index in [0.717, 1.165) is 11.3 Å². The van der Waals surface area contributed by atoms with Crippen LogP contribution in [0.5, 0.6) is 0 Å². The number of primary sulfonamides is 1. The third-order valence-corrected chi connectivity index (χ3v) is 3.96. The summed E-state index contributed by atoms with van der Waals surface area (Å²) in [6.07, 6.45) is 0.661. The molecule has 0 fully saturated rings. The average molecular weight is 308 g/mol. The molecule has 0 heterocycles. The van der Waals surface area contributed by atoms with Crippen LogP contribution in [0.25, 0.3) is 0 Å². The lowest BCUT2D eigenvalue weighted by molar-refractivity contribution is 0.598. The molecule has 0 aliphatic rings. The van der Waals surface area contributed by atoms with Crippen LogP contribution in [0.4, 0.5) is 10.1 Å². The van der Waals surface area contributed by atoms with E-state index in [4.69, 9.17) is 5.14 Å². The number of rotatable bonds is 5. The molecule has 0 aromatic heterocycles. The van der Waals surface area contributed by atoms with E-state index in [1.165, 1.54) is 24.3 Å². The van der Waals surface area contributed by atoms with Gasteiger partial charge in [0.15, 0.2) is 0 Å². The van der Waals surface area contributed by atoms with Crippen molar-refractivity contribution >= 4 is 15.7 Å². The minimum absolute atomic E-state index is 0.0748. The predicted octanol–water partition coefficient (Wildman–Crippen LogP) is 2.52. The van der Waals surface area contributed by atoms with Crippen molar-refractivity contribution in [2.45, 2.75) is 24.3 Å². The first-order chi connectivity index (χ1) is 9.84. The summed E-state index contributed by atoms with van der Waals surface area (Å²) in [5.74, 6) is -0.253. The van der Waals surface area contributed by atoms with Crippen LogP contribution in [-0.2, 0) is 16.4 Å². The fraction of sp³-hybridized carbons (Fsp3) is 0.200. The van der Waals surface area contributed by atoms with Gasteiger partial charge in [0.25, 0.3) is 0 Å². The second-order valence-corrected chi connectivity index (χ2v) is 6.51. The third kappa shape index (κ3) is 4.54. The van der Waals surface area contributed by atoms with Gasteiger partial charge in [-0.2, -0.15) is 0 Å². The topological polar surface area (TPSA) is 72.2 Å². The van der Waals surface area contributed by atoms with E-state index in [0.29, 0.717) is 6.42 Å². The fourth-order valence-corrected chi connectivity index (χ4v) is 2.61. The average Bonchev–Trinajstić information content (AvgIpc) is 2.38. The monoisotopic (exact) mass is 308 g/mol. The van der Waals surface area contributed by atoms with Gasteiger partial charge in [-0.25, -0.2) is 17.9 Å². The number of benzene rings is 2. The molecule has 1 unspecified atom stereocenters. The summed E-state index contributed by atoms with van der Waals surface area (Å²) in [4.78, 5) is 0.0748. The molecule has 0 spiro atoms. The Bertz CT molecular complexity index is 715. The maximum atomic E-state index is 13.1. The molecule has 6 heteroatoms. The highest BCUT2D eigenvalue weighted by atomic mass is 32.2. The van der Waals surface area contributed by atoms with Gasteiger partial charge in [-0.1, -0.05) is 12.1 Å². The zero-order valence-corrected chi connectivity index (χ0v) is 12.4. The second kappa shape index (κ2) is 6.24. The fourth-order valence-electron chi connectivity index (χ4n) is 2.09. The molecule has 0 amide bonds. The van der Waals surface area contributed by atoms with E-state index >= 15 is 0 Å². The zero-order valence-electron chi connectivity index (χ0n) is 11.6.